The van der Waals surface area contributed by atoms with Crippen molar-refractivity contribution in [3.63, 3.8) is 0 Å². The van der Waals surface area contributed by atoms with Crippen LogP contribution in [0.3, 0.4) is 0 Å². The summed E-state index contributed by atoms with van der Waals surface area (Å²) in [7, 11) is 0. The molecule has 1 atom stereocenters. The van der Waals surface area contributed by atoms with Crippen LogP contribution in [-0.2, 0) is 6.54 Å². The van der Waals surface area contributed by atoms with E-state index < -0.39 is 0 Å². The normalized spacial score (nSPS) is 18.5. The zero-order chi connectivity index (χ0) is 25.3. The molecule has 1 aromatic heterocycles. The maximum absolute atomic E-state index is 13.4. The molecule has 2 aliphatic rings. The number of aliphatic hydroxyl groups excluding tert-OH is 1. The summed E-state index contributed by atoms with van der Waals surface area (Å²) < 4.78 is 15.6. The second-order valence-electron chi connectivity index (χ2n) is 10.3. The number of nitrogens with one attached hydrogen (secondary N) is 3. The van der Waals surface area contributed by atoms with Gasteiger partial charge in [-0.05, 0) is 73.7 Å². The van der Waals surface area contributed by atoms with E-state index in [1.54, 1.807) is 12.1 Å². The van der Waals surface area contributed by atoms with Gasteiger partial charge in [0.15, 0.2) is 5.84 Å². The molecular formula is C28H33FN6O. The Bertz CT molecular complexity index is 1280. The number of benzene rings is 2. The summed E-state index contributed by atoms with van der Waals surface area (Å²) >= 11 is 0. The molecule has 1 saturated heterocycles. The third kappa shape index (κ3) is 5.05. The maximum atomic E-state index is 13.4. The van der Waals surface area contributed by atoms with Crippen molar-refractivity contribution in [3.8, 4) is 11.1 Å². The lowest BCUT2D eigenvalue weighted by Gasteiger charge is -2.26. The van der Waals surface area contributed by atoms with Gasteiger partial charge in [0.25, 0.3) is 0 Å². The van der Waals surface area contributed by atoms with Crippen molar-refractivity contribution in [2.75, 3.05) is 36.5 Å². The Morgan fingerprint density at radius 1 is 1.19 bits per heavy atom. The van der Waals surface area contributed by atoms with E-state index in [0.29, 0.717) is 18.3 Å². The Balaban J connectivity index is 1.39. The van der Waals surface area contributed by atoms with Crippen LogP contribution in [0.5, 0.6) is 0 Å². The number of hydrogen-bond donors (Lipinski definition) is 4. The standard InChI is InChI=1S/C28H33FN6O/c1-28(2,17-36)32-13-19-9-10-34(14-19)24-7-8-25-22(11-24)16-35-15-21(20-3-5-23(29)6-4-20)12-26(35)27(33-25)31-18-30/h3-8,11-12,15,18-19,32,36H,9-10,13-14,16-17H2,1-2H3,(H2,30,31,33). The molecule has 188 valence electrons. The molecule has 3 aromatic rings. The summed E-state index contributed by atoms with van der Waals surface area (Å²) in [5, 5.41) is 24.0. The number of rotatable bonds is 7. The second kappa shape index (κ2) is 9.87. The van der Waals surface area contributed by atoms with Gasteiger partial charge in [0.2, 0.25) is 0 Å². The number of aliphatic imine (C=N–C) groups is 1. The monoisotopic (exact) mass is 488 g/mol. The molecule has 4 N–H and O–H groups in total. The van der Waals surface area contributed by atoms with Crippen molar-refractivity contribution in [2.24, 2.45) is 10.9 Å². The molecule has 3 heterocycles. The summed E-state index contributed by atoms with van der Waals surface area (Å²) in [6, 6.07) is 15.0. The number of halogens is 1. The van der Waals surface area contributed by atoms with Gasteiger partial charge in [0.05, 0.1) is 12.3 Å². The summed E-state index contributed by atoms with van der Waals surface area (Å²) in [4.78, 5) is 6.72. The van der Waals surface area contributed by atoms with E-state index >= 15 is 0 Å². The van der Waals surface area contributed by atoms with Gasteiger partial charge in [-0.3, -0.25) is 5.41 Å². The Labute approximate surface area is 211 Å². The average Bonchev–Trinajstić information content (AvgIpc) is 3.49. The number of fused-ring (bicyclic) bond motifs is 2. The minimum atomic E-state index is -0.264. The molecular weight excluding hydrogens is 455 g/mol. The first-order chi connectivity index (χ1) is 17.3. The molecule has 0 spiro atoms. The van der Waals surface area contributed by atoms with Gasteiger partial charge in [-0.1, -0.05) is 12.1 Å². The number of anilines is 2. The number of hydrogen-bond acceptors (Lipinski definition) is 4. The first-order valence-electron chi connectivity index (χ1n) is 12.4. The molecule has 0 amide bonds. The average molecular weight is 489 g/mol. The van der Waals surface area contributed by atoms with Gasteiger partial charge in [0, 0.05) is 54.9 Å². The van der Waals surface area contributed by atoms with Crippen LogP contribution in [0.15, 0.2) is 59.7 Å². The highest BCUT2D eigenvalue weighted by atomic mass is 19.1. The molecule has 36 heavy (non-hydrogen) atoms. The van der Waals surface area contributed by atoms with Crippen molar-refractivity contribution in [1.82, 2.24) is 9.88 Å². The van der Waals surface area contributed by atoms with Gasteiger partial charge in [-0.25, -0.2) is 9.38 Å². The molecule has 0 bridgehead atoms. The molecule has 0 aliphatic carbocycles. The van der Waals surface area contributed by atoms with Crippen LogP contribution in [-0.4, -0.2) is 53.6 Å². The maximum Gasteiger partial charge on any atom is 0.156 e. The largest absolute Gasteiger partial charge is 0.394 e. The van der Waals surface area contributed by atoms with E-state index in [9.17, 15) is 9.50 Å². The first-order valence-corrected chi connectivity index (χ1v) is 12.4. The highest BCUT2D eigenvalue weighted by Gasteiger charge is 2.26. The van der Waals surface area contributed by atoms with Crippen LogP contribution in [0.2, 0.25) is 0 Å². The molecule has 2 aliphatic heterocycles. The lowest BCUT2D eigenvalue weighted by Crippen LogP contribution is -2.45. The number of amidine groups is 1. The van der Waals surface area contributed by atoms with Crippen molar-refractivity contribution in [3.05, 3.63) is 71.8 Å². The molecule has 1 unspecified atom stereocenters. The van der Waals surface area contributed by atoms with Crippen molar-refractivity contribution < 1.29 is 9.50 Å². The first kappa shape index (κ1) is 24.2. The van der Waals surface area contributed by atoms with E-state index in [-0.39, 0.29) is 18.0 Å². The fourth-order valence-electron chi connectivity index (χ4n) is 4.92. The quantitative estimate of drug-likeness (QED) is 0.295. The molecule has 0 radical (unpaired) electrons. The van der Waals surface area contributed by atoms with Crippen LogP contribution < -0.4 is 15.5 Å². The van der Waals surface area contributed by atoms with E-state index in [0.717, 1.165) is 60.5 Å². The minimum Gasteiger partial charge on any atom is -0.394 e. The van der Waals surface area contributed by atoms with Gasteiger partial charge in [-0.2, -0.15) is 0 Å². The van der Waals surface area contributed by atoms with Crippen molar-refractivity contribution in [2.45, 2.75) is 32.4 Å². The Morgan fingerprint density at radius 2 is 2.00 bits per heavy atom. The van der Waals surface area contributed by atoms with Crippen LogP contribution in [0, 0.1) is 17.1 Å². The van der Waals surface area contributed by atoms with Gasteiger partial charge < -0.3 is 25.2 Å². The van der Waals surface area contributed by atoms with Crippen LogP contribution >= 0.6 is 0 Å². The highest BCUT2D eigenvalue weighted by Crippen LogP contribution is 2.32. The smallest absolute Gasteiger partial charge is 0.156 e. The number of aromatic nitrogens is 1. The summed E-state index contributed by atoms with van der Waals surface area (Å²) in [5.74, 6) is 0.892. The number of aliphatic hydroxyl groups is 1. The van der Waals surface area contributed by atoms with Crippen molar-refractivity contribution >= 4 is 23.5 Å². The fraction of sp³-hybridized carbons (Fsp3) is 0.357. The van der Waals surface area contributed by atoms with Gasteiger partial charge >= 0.3 is 0 Å². The van der Waals surface area contributed by atoms with Crippen LogP contribution in [0.1, 0.15) is 31.5 Å². The zero-order valence-corrected chi connectivity index (χ0v) is 20.8. The third-order valence-corrected chi connectivity index (χ3v) is 7.11. The van der Waals surface area contributed by atoms with Crippen LogP contribution in [0.4, 0.5) is 15.8 Å². The van der Waals surface area contributed by atoms with E-state index in [2.05, 4.69) is 49.5 Å². The Hall–Kier alpha value is -3.49. The summed E-state index contributed by atoms with van der Waals surface area (Å²) in [5.41, 5.74) is 5.85. The number of nitrogens with zero attached hydrogens (tertiary/aromatic N) is 3. The predicted molar refractivity (Wildman–Crippen MR) is 144 cm³/mol. The SMILES string of the molecule is CC(C)(CO)NCC1CCN(c2ccc3c(c2)Cn2cc(-c4ccc(F)cc4)cc2/C(=N/C=N)N3)C1. The predicted octanol–water partition coefficient (Wildman–Crippen LogP) is 4.31. The van der Waals surface area contributed by atoms with Gasteiger partial charge in [0.1, 0.15) is 12.2 Å². The Kier molecular flexibility index (Phi) is 6.64. The second-order valence-corrected chi connectivity index (χ2v) is 10.3. The third-order valence-electron chi connectivity index (χ3n) is 7.11. The lowest BCUT2D eigenvalue weighted by molar-refractivity contribution is 0.184. The van der Waals surface area contributed by atoms with E-state index in [1.165, 1.54) is 17.8 Å². The highest BCUT2D eigenvalue weighted by molar-refractivity contribution is 6.11. The summed E-state index contributed by atoms with van der Waals surface area (Å²) in [6.45, 7) is 7.69. The van der Waals surface area contributed by atoms with Crippen molar-refractivity contribution in [1.29, 1.82) is 5.41 Å². The lowest BCUT2D eigenvalue weighted by atomic mass is 10.0. The summed E-state index contributed by atoms with van der Waals surface area (Å²) in [6.07, 6.45) is 4.22. The van der Waals surface area contributed by atoms with E-state index in [4.69, 9.17) is 5.41 Å². The molecule has 0 saturated carbocycles. The molecule has 2 aromatic carbocycles. The fourth-order valence-corrected chi connectivity index (χ4v) is 4.92. The molecule has 5 rings (SSSR count). The molecule has 1 fully saturated rings. The molecule has 8 heteroatoms. The topological polar surface area (TPSA) is 88.7 Å². The Morgan fingerprint density at radius 3 is 2.75 bits per heavy atom. The zero-order valence-electron chi connectivity index (χ0n) is 20.8. The molecule has 7 nitrogen and oxygen atoms in total. The van der Waals surface area contributed by atoms with E-state index in [1.807, 2.05) is 19.9 Å². The van der Waals surface area contributed by atoms with Crippen LogP contribution in [0.25, 0.3) is 11.1 Å². The van der Waals surface area contributed by atoms with Gasteiger partial charge in [-0.15, -0.1) is 0 Å². The minimum absolute atomic E-state index is 0.120.